The minimum atomic E-state index is -0.446. The average molecular weight is 695 g/mol. The van der Waals surface area contributed by atoms with Crippen molar-refractivity contribution in [2.24, 2.45) is 5.73 Å². The topological polar surface area (TPSA) is 108 Å². The van der Waals surface area contributed by atoms with Crippen LogP contribution in [0.15, 0.2) is 97.3 Å². The Morgan fingerprint density at radius 1 is 0.615 bits per heavy atom. The van der Waals surface area contributed by atoms with Gasteiger partial charge in [0.15, 0.2) is 0 Å². The molecule has 0 bridgehead atoms. The first-order chi connectivity index (χ1) is 25.1. The maximum absolute atomic E-state index is 12.7. The fourth-order valence-corrected chi connectivity index (χ4v) is 7.82. The van der Waals surface area contributed by atoms with Crippen LogP contribution in [0, 0.1) is 0 Å². The quantitative estimate of drug-likeness (QED) is 0.181. The highest BCUT2D eigenvalue weighted by Crippen LogP contribution is 2.34. The molecule has 0 unspecified atom stereocenters. The minimum Gasteiger partial charge on any atom is -0.366 e. The van der Waals surface area contributed by atoms with Crippen molar-refractivity contribution in [3.8, 4) is 11.4 Å². The summed E-state index contributed by atoms with van der Waals surface area (Å²) in [5, 5.41) is 14.2. The van der Waals surface area contributed by atoms with Crippen LogP contribution in [0.5, 0.6) is 0 Å². The second-order valence-electron chi connectivity index (χ2n) is 15.6. The maximum Gasteiger partial charge on any atom is 0.253 e. The Hall–Kier alpha value is -5.24. The largest absolute Gasteiger partial charge is 0.366 e. The van der Waals surface area contributed by atoms with E-state index in [-0.39, 0.29) is 11.4 Å². The van der Waals surface area contributed by atoms with E-state index in [4.69, 9.17) is 10.8 Å². The molecule has 2 fully saturated rings. The highest BCUT2D eigenvalue weighted by atomic mass is 16.2. The molecule has 0 aliphatic heterocycles. The molecule has 0 saturated heterocycles. The molecule has 6 aromatic rings. The van der Waals surface area contributed by atoms with Gasteiger partial charge in [-0.05, 0) is 106 Å². The molecule has 2 aliphatic rings. The SMILES string of the molecule is CC(C)(C)NC(=O)c1cccc2cn(-c3ccc(C4CCCCC4)cc3)nc12.NC(=O)c1cccc2cn(-c3ccc(C4CCCCC4)cc3)nc12. The smallest absolute Gasteiger partial charge is 0.253 e. The summed E-state index contributed by atoms with van der Waals surface area (Å²) in [6, 6.07) is 28.7. The first-order valence-electron chi connectivity index (χ1n) is 18.9. The first kappa shape index (κ1) is 35.2. The van der Waals surface area contributed by atoms with Gasteiger partial charge in [-0.2, -0.15) is 10.2 Å². The van der Waals surface area contributed by atoms with Crippen LogP contribution in [0.4, 0.5) is 0 Å². The number of nitrogens with one attached hydrogen (secondary N) is 1. The third-order valence-electron chi connectivity index (χ3n) is 10.5. The number of primary amides is 1. The second-order valence-corrected chi connectivity index (χ2v) is 15.6. The highest BCUT2D eigenvalue weighted by Gasteiger charge is 2.20. The molecular formula is C44H50N6O2. The number of amides is 2. The summed E-state index contributed by atoms with van der Waals surface area (Å²) in [6.45, 7) is 5.95. The molecule has 0 spiro atoms. The Labute approximate surface area is 306 Å². The van der Waals surface area contributed by atoms with Crippen molar-refractivity contribution in [3.63, 3.8) is 0 Å². The standard InChI is InChI=1S/C24H29N3O.C20H21N3O/c1-24(2,3)25-23(28)21-11-7-10-19-16-27(26-22(19)21)20-14-12-18(13-15-20)17-8-5-4-6-9-17;21-20(24)18-8-4-7-16-13-23(22-19(16)18)17-11-9-15(10-12-17)14-5-2-1-3-6-14/h7,10-17H,4-6,8-9H2,1-3H3,(H,25,28);4,7-14H,1-3,5-6H2,(H2,21,24). The van der Waals surface area contributed by atoms with Crippen molar-refractivity contribution in [2.75, 3.05) is 0 Å². The molecule has 2 saturated carbocycles. The van der Waals surface area contributed by atoms with Gasteiger partial charge in [0.25, 0.3) is 11.8 Å². The van der Waals surface area contributed by atoms with E-state index in [0.29, 0.717) is 28.5 Å². The lowest BCUT2D eigenvalue weighted by Crippen LogP contribution is -2.40. The van der Waals surface area contributed by atoms with Crippen LogP contribution in [-0.4, -0.2) is 36.9 Å². The predicted molar refractivity (Wildman–Crippen MR) is 210 cm³/mol. The predicted octanol–water partition coefficient (Wildman–Crippen LogP) is 9.77. The molecule has 8 heteroatoms. The van der Waals surface area contributed by atoms with E-state index in [1.54, 1.807) is 6.07 Å². The third-order valence-corrected chi connectivity index (χ3v) is 10.5. The molecule has 2 aromatic heterocycles. The van der Waals surface area contributed by atoms with Crippen molar-refractivity contribution in [3.05, 3.63) is 120 Å². The van der Waals surface area contributed by atoms with E-state index in [2.05, 4.69) is 58.9 Å². The van der Waals surface area contributed by atoms with E-state index < -0.39 is 5.91 Å². The van der Waals surface area contributed by atoms with Crippen molar-refractivity contribution in [2.45, 2.75) is 102 Å². The molecule has 268 valence electrons. The van der Waals surface area contributed by atoms with Crippen molar-refractivity contribution in [1.29, 1.82) is 0 Å². The van der Waals surface area contributed by atoms with Crippen LogP contribution < -0.4 is 11.1 Å². The van der Waals surface area contributed by atoms with Gasteiger partial charge in [0.05, 0.1) is 22.5 Å². The lowest BCUT2D eigenvalue weighted by molar-refractivity contribution is 0.0920. The van der Waals surface area contributed by atoms with Gasteiger partial charge in [0.2, 0.25) is 0 Å². The minimum absolute atomic E-state index is 0.0870. The molecule has 0 atom stereocenters. The van der Waals surface area contributed by atoms with Crippen LogP contribution in [0.1, 0.15) is 129 Å². The number of benzene rings is 4. The van der Waals surface area contributed by atoms with E-state index in [0.717, 1.165) is 27.7 Å². The Morgan fingerprint density at radius 3 is 1.46 bits per heavy atom. The van der Waals surface area contributed by atoms with Gasteiger partial charge in [0.1, 0.15) is 11.0 Å². The van der Waals surface area contributed by atoms with Gasteiger partial charge in [-0.15, -0.1) is 0 Å². The fraction of sp³-hybridized carbons (Fsp3) is 0.364. The molecule has 3 N–H and O–H groups in total. The average Bonchev–Trinajstić information content (AvgIpc) is 3.80. The van der Waals surface area contributed by atoms with Gasteiger partial charge < -0.3 is 11.1 Å². The molecule has 0 radical (unpaired) electrons. The summed E-state index contributed by atoms with van der Waals surface area (Å²) in [7, 11) is 0. The zero-order valence-corrected chi connectivity index (χ0v) is 30.6. The van der Waals surface area contributed by atoms with Crippen LogP contribution >= 0.6 is 0 Å². The van der Waals surface area contributed by atoms with Crippen LogP contribution in [-0.2, 0) is 0 Å². The lowest BCUT2D eigenvalue weighted by atomic mass is 9.84. The summed E-state index contributed by atoms with van der Waals surface area (Å²) < 4.78 is 3.70. The van der Waals surface area contributed by atoms with Gasteiger partial charge in [-0.25, -0.2) is 9.36 Å². The van der Waals surface area contributed by atoms with Crippen molar-refractivity contribution < 1.29 is 9.59 Å². The molecule has 2 amide bonds. The number of nitrogens with two attached hydrogens (primary N) is 1. The zero-order chi connectivity index (χ0) is 36.2. The number of hydrogen-bond acceptors (Lipinski definition) is 4. The zero-order valence-electron chi connectivity index (χ0n) is 30.6. The highest BCUT2D eigenvalue weighted by molar-refractivity contribution is 6.06. The molecule has 4 aromatic carbocycles. The summed E-state index contributed by atoms with van der Waals surface area (Å²) >= 11 is 0. The van der Waals surface area contributed by atoms with E-state index >= 15 is 0 Å². The molecule has 52 heavy (non-hydrogen) atoms. The van der Waals surface area contributed by atoms with Gasteiger partial charge in [-0.1, -0.05) is 87.1 Å². The summed E-state index contributed by atoms with van der Waals surface area (Å²) in [5.41, 5.74) is 12.5. The van der Waals surface area contributed by atoms with E-state index in [9.17, 15) is 9.59 Å². The third kappa shape index (κ3) is 7.96. The van der Waals surface area contributed by atoms with E-state index in [1.807, 2.05) is 72.9 Å². The molecular weight excluding hydrogens is 645 g/mol. The molecule has 8 rings (SSSR count). The van der Waals surface area contributed by atoms with Crippen molar-refractivity contribution >= 4 is 33.6 Å². The number of nitrogens with zero attached hydrogens (tertiary/aromatic N) is 4. The Bertz CT molecular complexity index is 2160. The Balaban J connectivity index is 0.000000164. The van der Waals surface area contributed by atoms with Gasteiger partial charge >= 0.3 is 0 Å². The number of rotatable bonds is 6. The number of carbonyl (C=O) groups is 2. The van der Waals surface area contributed by atoms with E-state index in [1.165, 1.54) is 75.3 Å². The number of carbonyl (C=O) groups excluding carboxylic acids is 2. The summed E-state index contributed by atoms with van der Waals surface area (Å²) in [6.07, 6.45) is 17.3. The summed E-state index contributed by atoms with van der Waals surface area (Å²) in [5.74, 6) is 0.868. The van der Waals surface area contributed by atoms with Crippen LogP contribution in [0.2, 0.25) is 0 Å². The van der Waals surface area contributed by atoms with Crippen molar-refractivity contribution in [1.82, 2.24) is 24.9 Å². The normalized spacial score (nSPS) is 15.7. The molecule has 8 nitrogen and oxygen atoms in total. The monoisotopic (exact) mass is 694 g/mol. The van der Waals surface area contributed by atoms with Crippen LogP contribution in [0.25, 0.3) is 33.2 Å². The number of aromatic nitrogens is 4. The summed E-state index contributed by atoms with van der Waals surface area (Å²) in [4.78, 5) is 24.2. The maximum atomic E-state index is 12.7. The van der Waals surface area contributed by atoms with Gasteiger partial charge in [-0.3, -0.25) is 9.59 Å². The fourth-order valence-electron chi connectivity index (χ4n) is 7.82. The first-order valence-corrected chi connectivity index (χ1v) is 18.9. The Morgan fingerprint density at radius 2 is 1.04 bits per heavy atom. The second kappa shape index (κ2) is 15.2. The Kier molecular flexibility index (Phi) is 10.3. The van der Waals surface area contributed by atoms with Crippen LogP contribution in [0.3, 0.4) is 0 Å². The molecule has 2 aliphatic carbocycles. The lowest BCUT2D eigenvalue weighted by Gasteiger charge is -2.22. The van der Waals surface area contributed by atoms with Gasteiger partial charge in [0, 0.05) is 28.7 Å². The number of hydrogen-bond donors (Lipinski definition) is 2. The molecule has 2 heterocycles. The number of fused-ring (bicyclic) bond motifs is 2.